The standard InChI is InChI=1S/C11H8N2O/c1-7-6-10-11(14-13-12-10)9-5-3-2-4-8(7)9/h2-6H,1H3. The summed E-state index contributed by atoms with van der Waals surface area (Å²) in [6.45, 7) is 2.07. The first-order valence-corrected chi connectivity index (χ1v) is 4.47. The molecule has 68 valence electrons. The minimum atomic E-state index is 0.770. The maximum absolute atomic E-state index is 5.13. The first-order valence-electron chi connectivity index (χ1n) is 4.47. The smallest absolute Gasteiger partial charge is 0.195 e. The number of hydrogen-bond acceptors (Lipinski definition) is 3. The fourth-order valence-electron chi connectivity index (χ4n) is 1.79. The van der Waals surface area contributed by atoms with E-state index in [4.69, 9.17) is 4.52 Å². The molecule has 0 aliphatic rings. The number of rotatable bonds is 0. The molecule has 0 aliphatic carbocycles. The second-order valence-electron chi connectivity index (χ2n) is 3.36. The van der Waals surface area contributed by atoms with Gasteiger partial charge in [-0.05, 0) is 23.9 Å². The normalized spacial score (nSPS) is 11.2. The first-order chi connectivity index (χ1) is 6.86. The topological polar surface area (TPSA) is 38.9 Å². The van der Waals surface area contributed by atoms with E-state index in [-0.39, 0.29) is 0 Å². The average Bonchev–Trinajstić information content (AvgIpc) is 2.66. The molecule has 0 bridgehead atoms. The van der Waals surface area contributed by atoms with Crippen molar-refractivity contribution in [1.82, 2.24) is 10.4 Å². The van der Waals surface area contributed by atoms with Gasteiger partial charge in [-0.25, -0.2) is 0 Å². The molecular formula is C11H8N2O. The van der Waals surface area contributed by atoms with E-state index in [2.05, 4.69) is 23.4 Å². The van der Waals surface area contributed by atoms with Crippen molar-refractivity contribution in [3.8, 4) is 0 Å². The van der Waals surface area contributed by atoms with Crippen LogP contribution in [0.1, 0.15) is 5.56 Å². The minimum absolute atomic E-state index is 0.770. The zero-order valence-corrected chi connectivity index (χ0v) is 7.69. The predicted octanol–water partition coefficient (Wildman–Crippen LogP) is 2.68. The van der Waals surface area contributed by atoms with Gasteiger partial charge < -0.3 is 4.52 Å². The fourth-order valence-corrected chi connectivity index (χ4v) is 1.79. The molecule has 14 heavy (non-hydrogen) atoms. The van der Waals surface area contributed by atoms with Gasteiger partial charge in [0, 0.05) is 10.7 Å². The summed E-state index contributed by atoms with van der Waals surface area (Å²) in [4.78, 5) is 0. The number of aromatic nitrogens is 2. The van der Waals surface area contributed by atoms with E-state index in [1.165, 1.54) is 10.9 Å². The van der Waals surface area contributed by atoms with Crippen molar-refractivity contribution >= 4 is 21.9 Å². The highest BCUT2D eigenvalue weighted by molar-refractivity contribution is 6.04. The summed E-state index contributed by atoms with van der Waals surface area (Å²) in [6.07, 6.45) is 0. The zero-order chi connectivity index (χ0) is 9.54. The molecule has 1 aromatic heterocycles. The van der Waals surface area contributed by atoms with Gasteiger partial charge in [-0.2, -0.15) is 0 Å². The molecule has 0 radical (unpaired) electrons. The third-order valence-corrected chi connectivity index (χ3v) is 2.46. The Hall–Kier alpha value is -1.90. The predicted molar refractivity (Wildman–Crippen MR) is 54.0 cm³/mol. The number of nitrogens with zero attached hydrogens (tertiary/aromatic N) is 2. The van der Waals surface area contributed by atoms with Crippen molar-refractivity contribution in [3.05, 3.63) is 35.9 Å². The van der Waals surface area contributed by atoms with Gasteiger partial charge in [-0.15, -0.1) is 5.10 Å². The van der Waals surface area contributed by atoms with Crippen molar-refractivity contribution in [2.24, 2.45) is 0 Å². The maximum Gasteiger partial charge on any atom is 0.195 e. The van der Waals surface area contributed by atoms with Gasteiger partial charge in [0.15, 0.2) is 5.58 Å². The van der Waals surface area contributed by atoms with E-state index < -0.39 is 0 Å². The van der Waals surface area contributed by atoms with Crippen LogP contribution < -0.4 is 0 Å². The summed E-state index contributed by atoms with van der Waals surface area (Å²) >= 11 is 0. The summed E-state index contributed by atoms with van der Waals surface area (Å²) < 4.78 is 5.13. The van der Waals surface area contributed by atoms with Gasteiger partial charge in [0.1, 0.15) is 5.52 Å². The summed E-state index contributed by atoms with van der Waals surface area (Å²) in [5, 5.41) is 9.75. The summed E-state index contributed by atoms with van der Waals surface area (Å²) in [5.41, 5.74) is 2.79. The lowest BCUT2D eigenvalue weighted by molar-refractivity contribution is 0.426. The number of hydrogen-bond donors (Lipinski definition) is 0. The molecule has 3 nitrogen and oxygen atoms in total. The molecule has 0 fully saturated rings. The van der Waals surface area contributed by atoms with Crippen molar-refractivity contribution in [1.29, 1.82) is 0 Å². The Bertz CT molecular complexity index is 613. The van der Waals surface area contributed by atoms with Crippen molar-refractivity contribution in [2.75, 3.05) is 0 Å². The maximum atomic E-state index is 5.13. The van der Waals surface area contributed by atoms with Crippen LogP contribution in [0.15, 0.2) is 34.9 Å². The van der Waals surface area contributed by atoms with Gasteiger partial charge in [-0.3, -0.25) is 0 Å². The fraction of sp³-hybridized carbons (Fsp3) is 0.0909. The van der Waals surface area contributed by atoms with Gasteiger partial charge in [0.25, 0.3) is 0 Å². The Kier molecular flexibility index (Phi) is 1.36. The van der Waals surface area contributed by atoms with Crippen LogP contribution >= 0.6 is 0 Å². The molecule has 3 heteroatoms. The molecule has 3 rings (SSSR count). The lowest BCUT2D eigenvalue weighted by Crippen LogP contribution is -1.79. The van der Waals surface area contributed by atoms with Crippen LogP contribution in [-0.4, -0.2) is 10.4 Å². The SMILES string of the molecule is Cc1cc2nnoc2c2ccccc12. The Balaban J connectivity index is 2.67. The largest absolute Gasteiger partial charge is 0.336 e. The molecule has 0 saturated carbocycles. The Labute approximate surface area is 80.3 Å². The van der Waals surface area contributed by atoms with E-state index >= 15 is 0 Å². The summed E-state index contributed by atoms with van der Waals surface area (Å²) in [6, 6.07) is 10.1. The van der Waals surface area contributed by atoms with Crippen LogP contribution in [0, 0.1) is 6.92 Å². The Morgan fingerprint density at radius 3 is 2.79 bits per heavy atom. The monoisotopic (exact) mass is 184 g/mol. The third-order valence-electron chi connectivity index (χ3n) is 2.46. The molecule has 0 N–H and O–H groups in total. The van der Waals surface area contributed by atoms with Crippen molar-refractivity contribution < 1.29 is 4.52 Å². The first kappa shape index (κ1) is 7.50. The minimum Gasteiger partial charge on any atom is -0.336 e. The molecule has 3 aromatic rings. The molecule has 0 atom stereocenters. The van der Waals surface area contributed by atoms with Gasteiger partial charge >= 0.3 is 0 Å². The second-order valence-corrected chi connectivity index (χ2v) is 3.36. The van der Waals surface area contributed by atoms with Crippen LogP contribution in [0.25, 0.3) is 21.9 Å². The highest BCUT2D eigenvalue weighted by Gasteiger charge is 2.07. The molecule has 1 heterocycles. The Morgan fingerprint density at radius 1 is 1.14 bits per heavy atom. The van der Waals surface area contributed by atoms with Crippen LogP contribution in [0.2, 0.25) is 0 Å². The van der Waals surface area contributed by atoms with E-state index in [1.807, 2.05) is 24.3 Å². The molecule has 0 spiro atoms. The van der Waals surface area contributed by atoms with Gasteiger partial charge in [0.2, 0.25) is 0 Å². The average molecular weight is 184 g/mol. The van der Waals surface area contributed by atoms with Crippen LogP contribution in [0.5, 0.6) is 0 Å². The van der Waals surface area contributed by atoms with E-state index in [1.54, 1.807) is 0 Å². The number of aryl methyl sites for hydroxylation is 1. The lowest BCUT2D eigenvalue weighted by Gasteiger charge is -2.00. The highest BCUT2D eigenvalue weighted by atomic mass is 16.5. The number of fused-ring (bicyclic) bond motifs is 3. The van der Waals surface area contributed by atoms with Crippen LogP contribution in [0.3, 0.4) is 0 Å². The zero-order valence-electron chi connectivity index (χ0n) is 7.69. The Morgan fingerprint density at radius 2 is 1.93 bits per heavy atom. The van der Waals surface area contributed by atoms with Crippen LogP contribution in [0.4, 0.5) is 0 Å². The molecular weight excluding hydrogens is 176 g/mol. The highest BCUT2D eigenvalue weighted by Crippen LogP contribution is 2.26. The van der Waals surface area contributed by atoms with E-state index in [9.17, 15) is 0 Å². The second kappa shape index (κ2) is 2.54. The molecule has 2 aromatic carbocycles. The van der Waals surface area contributed by atoms with Gasteiger partial charge in [0.05, 0.1) is 0 Å². The third kappa shape index (κ3) is 0.865. The van der Waals surface area contributed by atoms with Crippen LogP contribution in [-0.2, 0) is 0 Å². The quantitative estimate of drug-likeness (QED) is 0.539. The number of benzene rings is 2. The van der Waals surface area contributed by atoms with Crippen molar-refractivity contribution in [3.63, 3.8) is 0 Å². The van der Waals surface area contributed by atoms with E-state index in [0.29, 0.717) is 0 Å². The summed E-state index contributed by atoms with van der Waals surface area (Å²) in [5.74, 6) is 0. The summed E-state index contributed by atoms with van der Waals surface area (Å²) in [7, 11) is 0. The molecule has 0 saturated heterocycles. The molecule has 0 aliphatic heterocycles. The van der Waals surface area contributed by atoms with E-state index in [0.717, 1.165) is 16.5 Å². The lowest BCUT2D eigenvalue weighted by atomic mass is 10.0. The van der Waals surface area contributed by atoms with Gasteiger partial charge in [-0.1, -0.05) is 24.3 Å². The molecule has 0 amide bonds. The molecule has 0 unspecified atom stereocenters. The van der Waals surface area contributed by atoms with Crippen molar-refractivity contribution in [2.45, 2.75) is 6.92 Å².